The molecule has 1 N–H and O–H groups in total. The Bertz CT molecular complexity index is 1620. The number of carbonyl (C=O) groups is 3. The molecule has 5 rings (SSSR count). The van der Waals surface area contributed by atoms with E-state index in [0.717, 1.165) is 15.7 Å². The Balaban J connectivity index is 1.58. The van der Waals surface area contributed by atoms with E-state index < -0.39 is 17.8 Å². The summed E-state index contributed by atoms with van der Waals surface area (Å²) in [4.78, 5) is 39.7. The molecule has 1 aliphatic heterocycles. The summed E-state index contributed by atoms with van der Waals surface area (Å²) in [5, 5.41) is 5.15. The quantitative estimate of drug-likeness (QED) is 0.213. The minimum Gasteiger partial charge on any atom is -0.488 e. The fourth-order valence-corrected chi connectivity index (χ4v) is 4.64. The number of halogens is 3. The number of fused-ring (bicyclic) bond motifs is 1. The van der Waals surface area contributed by atoms with Gasteiger partial charge in [0.1, 0.15) is 17.9 Å². The summed E-state index contributed by atoms with van der Waals surface area (Å²) in [5.74, 6) is -1.17. The van der Waals surface area contributed by atoms with E-state index in [9.17, 15) is 14.4 Å². The van der Waals surface area contributed by atoms with Gasteiger partial charge in [-0.1, -0.05) is 77.3 Å². The molecule has 1 heterocycles. The highest BCUT2D eigenvalue weighted by Gasteiger charge is 2.37. The number of nitrogens with one attached hydrogen (secondary N) is 1. The number of amides is 4. The van der Waals surface area contributed by atoms with Crippen molar-refractivity contribution in [3.63, 3.8) is 0 Å². The van der Waals surface area contributed by atoms with Gasteiger partial charge in [0.25, 0.3) is 11.8 Å². The zero-order valence-corrected chi connectivity index (χ0v) is 21.3. The third-order valence-electron chi connectivity index (χ3n) is 5.79. The number of imide groups is 2. The Morgan fingerprint density at radius 2 is 1.62 bits per heavy atom. The molecule has 0 radical (unpaired) electrons. The van der Waals surface area contributed by atoms with E-state index in [-0.39, 0.29) is 17.9 Å². The maximum absolute atomic E-state index is 13.4. The second-order valence-corrected chi connectivity index (χ2v) is 9.44. The lowest BCUT2D eigenvalue weighted by Gasteiger charge is -2.26. The van der Waals surface area contributed by atoms with Crippen LogP contribution in [0, 0.1) is 0 Å². The van der Waals surface area contributed by atoms with Gasteiger partial charge in [0.2, 0.25) is 0 Å². The zero-order chi connectivity index (χ0) is 26.1. The van der Waals surface area contributed by atoms with E-state index in [4.69, 9.17) is 39.5 Å². The first-order chi connectivity index (χ1) is 17.8. The smallest absolute Gasteiger partial charge is 0.335 e. The van der Waals surface area contributed by atoms with Gasteiger partial charge >= 0.3 is 6.03 Å². The van der Waals surface area contributed by atoms with Crippen LogP contribution in [0.4, 0.5) is 10.5 Å². The molecule has 0 aromatic heterocycles. The highest BCUT2D eigenvalue weighted by Crippen LogP contribution is 2.33. The first kappa shape index (κ1) is 24.8. The van der Waals surface area contributed by atoms with Crippen LogP contribution < -0.4 is 15.0 Å². The van der Waals surface area contributed by atoms with Gasteiger partial charge < -0.3 is 4.74 Å². The third kappa shape index (κ3) is 5.04. The van der Waals surface area contributed by atoms with Crippen LogP contribution in [0.1, 0.15) is 11.1 Å². The minimum atomic E-state index is -0.860. The number of urea groups is 1. The van der Waals surface area contributed by atoms with Gasteiger partial charge in [0.05, 0.1) is 5.69 Å². The summed E-state index contributed by atoms with van der Waals surface area (Å²) in [6.45, 7) is 0.123. The number of barbiturate groups is 1. The highest BCUT2D eigenvalue weighted by atomic mass is 35.5. The molecule has 1 saturated heterocycles. The number of anilines is 1. The summed E-state index contributed by atoms with van der Waals surface area (Å²) in [6, 6.07) is 21.6. The van der Waals surface area contributed by atoms with Gasteiger partial charge in [0, 0.05) is 26.2 Å². The summed E-state index contributed by atoms with van der Waals surface area (Å²) in [7, 11) is 0. The van der Waals surface area contributed by atoms with E-state index in [1.54, 1.807) is 42.5 Å². The standard InChI is InChI=1S/C28H17Cl3N2O4/c29-18-5-3-6-20(12-18)33-27(35)23(26(34)32-28(33)36)14-22-21-7-2-1-4-16(21)9-11-25(22)37-15-17-8-10-19(30)13-24(17)31/h1-14H,15H2,(H,32,34,36)/b23-14+. The van der Waals surface area contributed by atoms with Crippen molar-refractivity contribution in [1.29, 1.82) is 0 Å². The number of hydrogen-bond donors (Lipinski definition) is 1. The van der Waals surface area contributed by atoms with Crippen LogP contribution in [0.15, 0.2) is 84.4 Å². The number of hydrogen-bond acceptors (Lipinski definition) is 4. The average Bonchev–Trinajstić information content (AvgIpc) is 2.86. The van der Waals surface area contributed by atoms with E-state index in [0.29, 0.717) is 31.9 Å². The van der Waals surface area contributed by atoms with Crippen molar-refractivity contribution in [2.75, 3.05) is 4.90 Å². The molecular formula is C28H17Cl3N2O4. The predicted molar refractivity (Wildman–Crippen MR) is 145 cm³/mol. The molecular weight excluding hydrogens is 535 g/mol. The summed E-state index contributed by atoms with van der Waals surface area (Å²) in [5.41, 5.74) is 1.22. The molecule has 37 heavy (non-hydrogen) atoms. The lowest BCUT2D eigenvalue weighted by Crippen LogP contribution is -2.54. The first-order valence-corrected chi connectivity index (χ1v) is 12.2. The van der Waals surface area contributed by atoms with Gasteiger partial charge in [-0.05, 0) is 53.2 Å². The Hall–Kier alpha value is -3.84. The summed E-state index contributed by atoms with van der Waals surface area (Å²) in [6.07, 6.45) is 1.43. The van der Waals surface area contributed by atoms with Crippen molar-refractivity contribution in [1.82, 2.24) is 5.32 Å². The second kappa shape index (κ2) is 10.3. The van der Waals surface area contributed by atoms with E-state index in [2.05, 4.69) is 5.32 Å². The monoisotopic (exact) mass is 550 g/mol. The lowest BCUT2D eigenvalue weighted by molar-refractivity contribution is -0.122. The normalized spacial score (nSPS) is 14.8. The number of ether oxygens (including phenoxy) is 1. The van der Waals surface area contributed by atoms with E-state index in [1.165, 1.54) is 12.1 Å². The second-order valence-electron chi connectivity index (χ2n) is 8.16. The van der Waals surface area contributed by atoms with Crippen molar-refractivity contribution < 1.29 is 19.1 Å². The molecule has 0 spiro atoms. The molecule has 0 aliphatic carbocycles. The van der Waals surface area contributed by atoms with Crippen molar-refractivity contribution >= 4 is 75.2 Å². The van der Waals surface area contributed by atoms with Gasteiger partial charge in [-0.15, -0.1) is 0 Å². The topological polar surface area (TPSA) is 75.7 Å². The molecule has 9 heteroatoms. The predicted octanol–water partition coefficient (Wildman–Crippen LogP) is 7.05. The highest BCUT2D eigenvalue weighted by molar-refractivity contribution is 6.40. The van der Waals surface area contributed by atoms with Crippen LogP contribution in [-0.2, 0) is 16.2 Å². The average molecular weight is 552 g/mol. The van der Waals surface area contributed by atoms with Crippen LogP contribution in [0.2, 0.25) is 15.1 Å². The summed E-state index contributed by atoms with van der Waals surface area (Å²) >= 11 is 18.4. The van der Waals surface area contributed by atoms with Crippen molar-refractivity contribution in [2.45, 2.75) is 6.61 Å². The van der Waals surface area contributed by atoms with Gasteiger partial charge in [-0.25, -0.2) is 9.69 Å². The molecule has 6 nitrogen and oxygen atoms in total. The molecule has 4 aromatic rings. The zero-order valence-electron chi connectivity index (χ0n) is 19.0. The molecule has 4 amide bonds. The van der Waals surface area contributed by atoms with Gasteiger partial charge in [-0.3, -0.25) is 14.9 Å². The third-order valence-corrected chi connectivity index (χ3v) is 6.61. The molecule has 0 bridgehead atoms. The maximum Gasteiger partial charge on any atom is 0.335 e. The van der Waals surface area contributed by atoms with Crippen molar-refractivity contribution in [3.8, 4) is 5.75 Å². The van der Waals surface area contributed by atoms with Crippen LogP contribution >= 0.6 is 34.8 Å². The molecule has 4 aromatic carbocycles. The number of carbonyl (C=O) groups excluding carboxylic acids is 3. The number of nitrogens with zero attached hydrogens (tertiary/aromatic N) is 1. The first-order valence-electron chi connectivity index (χ1n) is 11.1. The van der Waals surface area contributed by atoms with Crippen LogP contribution in [0.5, 0.6) is 5.75 Å². The van der Waals surface area contributed by atoms with Gasteiger partial charge in [0.15, 0.2) is 0 Å². The van der Waals surface area contributed by atoms with E-state index >= 15 is 0 Å². The fraction of sp³-hybridized carbons (Fsp3) is 0.0357. The summed E-state index contributed by atoms with van der Waals surface area (Å²) < 4.78 is 6.10. The minimum absolute atomic E-state index is 0.123. The Kier molecular flexibility index (Phi) is 6.89. The van der Waals surface area contributed by atoms with Crippen molar-refractivity contribution in [3.05, 3.63) is 111 Å². The molecule has 1 aliphatic rings. The Morgan fingerprint density at radius 3 is 2.41 bits per heavy atom. The van der Waals surface area contributed by atoms with Crippen LogP contribution in [-0.4, -0.2) is 17.8 Å². The van der Waals surface area contributed by atoms with Crippen LogP contribution in [0.3, 0.4) is 0 Å². The van der Waals surface area contributed by atoms with Crippen molar-refractivity contribution in [2.24, 2.45) is 0 Å². The van der Waals surface area contributed by atoms with Gasteiger partial charge in [-0.2, -0.15) is 0 Å². The molecule has 1 fully saturated rings. The van der Waals surface area contributed by atoms with E-state index in [1.807, 2.05) is 30.3 Å². The van der Waals surface area contributed by atoms with Crippen LogP contribution in [0.25, 0.3) is 16.8 Å². The maximum atomic E-state index is 13.4. The molecule has 0 atom stereocenters. The Labute approximate surface area is 227 Å². The molecule has 184 valence electrons. The SMILES string of the molecule is O=C1NC(=O)N(c2cccc(Cl)c2)C(=O)/C1=C/c1c(OCc2ccc(Cl)cc2Cl)ccc2ccccc12. The number of rotatable bonds is 5. The largest absolute Gasteiger partial charge is 0.488 e. The lowest BCUT2D eigenvalue weighted by atomic mass is 9.99. The Morgan fingerprint density at radius 1 is 0.838 bits per heavy atom. The molecule has 0 saturated carbocycles. The number of benzene rings is 4. The fourth-order valence-electron chi connectivity index (χ4n) is 4.00. The molecule has 0 unspecified atom stereocenters.